The number of hydrogen-bond donors (Lipinski definition) is 2. The lowest BCUT2D eigenvalue weighted by Crippen LogP contribution is -2.32. The molecule has 0 radical (unpaired) electrons. The SMILES string of the molecule is NC(=NCc1cccc(C(F)(F)F)c1)NCc1nnc2n1CCC2. The van der Waals surface area contributed by atoms with Crippen molar-refractivity contribution in [3.05, 3.63) is 47.0 Å². The highest BCUT2D eigenvalue weighted by molar-refractivity contribution is 5.77. The number of benzene rings is 1. The zero-order valence-corrected chi connectivity index (χ0v) is 12.8. The van der Waals surface area contributed by atoms with Gasteiger partial charge in [-0.2, -0.15) is 13.2 Å². The average Bonchev–Trinajstić information content (AvgIpc) is 3.14. The summed E-state index contributed by atoms with van der Waals surface area (Å²) in [6.07, 6.45) is -2.39. The number of fused-ring (bicyclic) bond motifs is 1. The summed E-state index contributed by atoms with van der Waals surface area (Å²) in [5, 5.41) is 11.1. The fraction of sp³-hybridized carbons (Fsp3) is 0.400. The van der Waals surface area contributed by atoms with Crippen LogP contribution in [0.3, 0.4) is 0 Å². The molecule has 9 heteroatoms. The molecule has 2 aromatic rings. The van der Waals surface area contributed by atoms with E-state index in [1.54, 1.807) is 6.07 Å². The van der Waals surface area contributed by atoms with Crippen LogP contribution in [0.5, 0.6) is 0 Å². The Morgan fingerprint density at radius 2 is 2.17 bits per heavy atom. The van der Waals surface area contributed by atoms with Gasteiger partial charge in [0.25, 0.3) is 0 Å². The number of aromatic nitrogens is 3. The number of nitrogens with two attached hydrogens (primary N) is 1. The largest absolute Gasteiger partial charge is 0.416 e. The first-order valence-electron chi connectivity index (χ1n) is 7.54. The van der Waals surface area contributed by atoms with E-state index < -0.39 is 11.7 Å². The van der Waals surface area contributed by atoms with Crippen molar-refractivity contribution < 1.29 is 13.2 Å². The molecular formula is C15H17F3N6. The van der Waals surface area contributed by atoms with Gasteiger partial charge < -0.3 is 15.6 Å². The van der Waals surface area contributed by atoms with Crippen molar-refractivity contribution in [2.75, 3.05) is 0 Å². The number of guanidine groups is 1. The van der Waals surface area contributed by atoms with Crippen LogP contribution < -0.4 is 11.1 Å². The molecule has 0 atom stereocenters. The van der Waals surface area contributed by atoms with E-state index in [4.69, 9.17) is 5.73 Å². The van der Waals surface area contributed by atoms with Crippen molar-refractivity contribution >= 4 is 5.96 Å². The van der Waals surface area contributed by atoms with Gasteiger partial charge in [0.2, 0.25) is 0 Å². The fourth-order valence-electron chi connectivity index (χ4n) is 2.59. The summed E-state index contributed by atoms with van der Waals surface area (Å²) >= 11 is 0. The smallest absolute Gasteiger partial charge is 0.370 e. The second-order valence-corrected chi connectivity index (χ2v) is 5.54. The molecule has 128 valence electrons. The van der Waals surface area contributed by atoms with Crippen LogP contribution >= 0.6 is 0 Å². The predicted molar refractivity (Wildman–Crippen MR) is 82.0 cm³/mol. The molecule has 24 heavy (non-hydrogen) atoms. The van der Waals surface area contributed by atoms with E-state index in [1.807, 2.05) is 4.57 Å². The van der Waals surface area contributed by atoms with Crippen molar-refractivity contribution in [2.24, 2.45) is 10.7 Å². The van der Waals surface area contributed by atoms with Gasteiger partial charge in [0.15, 0.2) is 11.8 Å². The van der Waals surface area contributed by atoms with Crippen LogP contribution in [0.4, 0.5) is 13.2 Å². The van der Waals surface area contributed by atoms with Gasteiger partial charge in [0, 0.05) is 13.0 Å². The Morgan fingerprint density at radius 3 is 2.96 bits per heavy atom. The monoisotopic (exact) mass is 338 g/mol. The Hall–Kier alpha value is -2.58. The molecule has 0 fully saturated rings. The van der Waals surface area contributed by atoms with E-state index in [0.29, 0.717) is 12.1 Å². The molecule has 0 aliphatic carbocycles. The van der Waals surface area contributed by atoms with Crippen LogP contribution in [-0.2, 0) is 32.2 Å². The first-order valence-corrected chi connectivity index (χ1v) is 7.54. The topological polar surface area (TPSA) is 81.1 Å². The molecule has 0 saturated carbocycles. The number of halogens is 3. The number of hydrogen-bond acceptors (Lipinski definition) is 3. The summed E-state index contributed by atoms with van der Waals surface area (Å²) in [6, 6.07) is 5.04. The second kappa shape index (κ2) is 6.50. The lowest BCUT2D eigenvalue weighted by Gasteiger charge is -2.08. The number of alkyl halides is 3. The molecule has 1 aliphatic heterocycles. The molecule has 1 aliphatic rings. The van der Waals surface area contributed by atoms with Crippen molar-refractivity contribution in [1.82, 2.24) is 20.1 Å². The van der Waals surface area contributed by atoms with Gasteiger partial charge in [0.05, 0.1) is 18.7 Å². The van der Waals surface area contributed by atoms with E-state index in [2.05, 4.69) is 20.5 Å². The van der Waals surface area contributed by atoms with Gasteiger partial charge >= 0.3 is 6.18 Å². The van der Waals surface area contributed by atoms with Gasteiger partial charge in [0.1, 0.15) is 5.82 Å². The van der Waals surface area contributed by atoms with E-state index in [0.717, 1.165) is 43.2 Å². The quantitative estimate of drug-likeness (QED) is 0.658. The Labute approximate surface area is 136 Å². The number of aryl methyl sites for hydroxylation is 1. The van der Waals surface area contributed by atoms with Crippen LogP contribution in [0.15, 0.2) is 29.3 Å². The van der Waals surface area contributed by atoms with E-state index in [-0.39, 0.29) is 12.5 Å². The first kappa shape index (κ1) is 16.3. The summed E-state index contributed by atoms with van der Waals surface area (Å²) in [7, 11) is 0. The van der Waals surface area contributed by atoms with Crippen LogP contribution in [0.2, 0.25) is 0 Å². The molecule has 0 unspecified atom stereocenters. The van der Waals surface area contributed by atoms with E-state index in [9.17, 15) is 13.2 Å². The molecule has 3 rings (SSSR count). The number of nitrogens with one attached hydrogen (secondary N) is 1. The van der Waals surface area contributed by atoms with Crippen LogP contribution in [0.25, 0.3) is 0 Å². The second-order valence-electron chi connectivity index (χ2n) is 5.54. The maximum Gasteiger partial charge on any atom is 0.416 e. The minimum absolute atomic E-state index is 0.0701. The first-order chi connectivity index (χ1) is 11.4. The van der Waals surface area contributed by atoms with Crippen LogP contribution in [-0.4, -0.2) is 20.7 Å². The Morgan fingerprint density at radius 1 is 1.33 bits per heavy atom. The standard InChI is InChI=1S/C15H17F3N6/c16-15(17,18)11-4-1-3-10(7-11)8-20-14(19)21-9-13-23-22-12-5-2-6-24(12)13/h1,3-4,7H,2,5-6,8-9H2,(H3,19,20,21). The molecule has 6 nitrogen and oxygen atoms in total. The number of aliphatic imine (C=N–C) groups is 1. The summed E-state index contributed by atoms with van der Waals surface area (Å²) in [5.41, 5.74) is 5.52. The highest BCUT2D eigenvalue weighted by atomic mass is 19.4. The lowest BCUT2D eigenvalue weighted by atomic mass is 10.1. The molecule has 0 spiro atoms. The minimum atomic E-state index is -4.36. The van der Waals surface area contributed by atoms with Crippen molar-refractivity contribution in [3.63, 3.8) is 0 Å². The van der Waals surface area contributed by atoms with Gasteiger partial charge in [-0.15, -0.1) is 10.2 Å². The van der Waals surface area contributed by atoms with Gasteiger partial charge in [-0.05, 0) is 24.1 Å². The highest BCUT2D eigenvalue weighted by Crippen LogP contribution is 2.29. The fourth-order valence-corrected chi connectivity index (χ4v) is 2.59. The van der Waals surface area contributed by atoms with Crippen LogP contribution in [0, 0.1) is 0 Å². The highest BCUT2D eigenvalue weighted by Gasteiger charge is 2.30. The minimum Gasteiger partial charge on any atom is -0.370 e. The van der Waals surface area contributed by atoms with E-state index in [1.165, 1.54) is 6.07 Å². The number of rotatable bonds is 4. The van der Waals surface area contributed by atoms with Gasteiger partial charge in [-0.3, -0.25) is 0 Å². The third-order valence-corrected chi connectivity index (χ3v) is 3.80. The summed E-state index contributed by atoms with van der Waals surface area (Å²) in [4.78, 5) is 4.07. The summed E-state index contributed by atoms with van der Waals surface area (Å²) < 4.78 is 40.0. The van der Waals surface area contributed by atoms with Gasteiger partial charge in [-0.1, -0.05) is 12.1 Å². The molecule has 3 N–H and O–H groups in total. The molecule has 0 bridgehead atoms. The van der Waals surface area contributed by atoms with E-state index >= 15 is 0 Å². The molecule has 0 saturated heterocycles. The molecule has 1 aromatic heterocycles. The maximum absolute atomic E-state index is 12.7. The van der Waals surface area contributed by atoms with Crippen molar-refractivity contribution in [1.29, 1.82) is 0 Å². The maximum atomic E-state index is 12.7. The average molecular weight is 338 g/mol. The molecule has 0 amide bonds. The third kappa shape index (κ3) is 3.66. The zero-order valence-electron chi connectivity index (χ0n) is 12.8. The molecule has 2 heterocycles. The summed E-state index contributed by atoms with van der Waals surface area (Å²) in [5.74, 6) is 1.90. The van der Waals surface area contributed by atoms with Gasteiger partial charge in [-0.25, -0.2) is 4.99 Å². The Kier molecular flexibility index (Phi) is 4.41. The zero-order chi connectivity index (χ0) is 17.2. The summed E-state index contributed by atoms with van der Waals surface area (Å²) in [6.45, 7) is 1.34. The third-order valence-electron chi connectivity index (χ3n) is 3.80. The van der Waals surface area contributed by atoms with Crippen LogP contribution in [0.1, 0.15) is 29.2 Å². The lowest BCUT2D eigenvalue weighted by molar-refractivity contribution is -0.137. The molecule has 1 aromatic carbocycles. The normalized spacial score (nSPS) is 14.7. The predicted octanol–water partition coefficient (Wildman–Crippen LogP) is 1.85. The Bertz CT molecular complexity index is 750. The Balaban J connectivity index is 1.58. The van der Waals surface area contributed by atoms with Crippen molar-refractivity contribution in [3.8, 4) is 0 Å². The molecular weight excluding hydrogens is 321 g/mol. The number of nitrogens with zero attached hydrogens (tertiary/aromatic N) is 4. The van der Waals surface area contributed by atoms with Crippen molar-refractivity contribution in [2.45, 2.75) is 38.7 Å².